The fraction of sp³-hybridized carbons (Fsp3) is 0.226. The molecule has 0 amide bonds. The molecule has 0 aliphatic carbocycles. The summed E-state index contributed by atoms with van der Waals surface area (Å²) in [7, 11) is -39.2. The van der Waals surface area contributed by atoms with Gasteiger partial charge in [0.1, 0.15) is 8.07 Å². The molecule has 0 saturated heterocycles. The Hall–Kier alpha value is -3.87. The molecule has 0 saturated carbocycles. The van der Waals surface area contributed by atoms with Crippen LogP contribution in [0.4, 0.5) is 64.1 Å². The topological polar surface area (TPSA) is 177 Å². The zero-order chi connectivity index (χ0) is 47.8. The summed E-state index contributed by atoms with van der Waals surface area (Å²) in [6, 6.07) is 19.6. The van der Waals surface area contributed by atoms with Gasteiger partial charge in [-0.1, -0.05) is 108 Å². The van der Waals surface area contributed by atoms with E-state index in [1.165, 1.54) is 72.6 Å². The molecule has 63 heavy (non-hydrogen) atoms. The first kappa shape index (κ1) is 50.1. The molecule has 0 N–H and O–H groups in total. The van der Waals surface area contributed by atoms with Crippen LogP contribution in [0.25, 0.3) is 0 Å². The van der Waals surface area contributed by atoms with Gasteiger partial charge in [0.15, 0.2) is 0 Å². The SMILES string of the molecule is CN1c2ccccc2[Si](OS(=O)(=O)C(F)(F)F)(OS(=O)(=O)C(F)(F)F)c2ccccc21.C[Si]1(C)c2ccccc2[Si](OS(=O)(=O)C(F)(F)F)(OS(=O)(=O)C(F)(F)F)c2ccccc21. The highest BCUT2D eigenvalue weighted by atomic mass is 32.2. The molecule has 0 unspecified atom stereocenters. The lowest BCUT2D eigenvalue weighted by Crippen LogP contribution is -2.82. The minimum absolute atomic E-state index is 0.0948. The van der Waals surface area contributed by atoms with Gasteiger partial charge in [-0.3, -0.25) is 15.5 Å². The van der Waals surface area contributed by atoms with Crippen molar-refractivity contribution in [3.63, 3.8) is 0 Å². The predicted molar refractivity (Wildman–Crippen MR) is 205 cm³/mol. The highest BCUT2D eigenvalue weighted by molar-refractivity contribution is 7.91. The zero-order valence-electron chi connectivity index (χ0n) is 31.3. The van der Waals surface area contributed by atoms with E-state index in [2.05, 4.69) is 15.5 Å². The lowest BCUT2D eigenvalue weighted by molar-refractivity contribution is -0.0535. The van der Waals surface area contributed by atoms with Crippen molar-refractivity contribution in [1.29, 1.82) is 0 Å². The fourth-order valence-corrected chi connectivity index (χ4v) is 26.1. The van der Waals surface area contributed by atoms with E-state index < -0.39 is 108 Å². The molecule has 2 aliphatic heterocycles. The maximum Gasteiger partial charge on any atom is 0.522 e. The molecule has 13 nitrogen and oxygen atoms in total. The molecule has 4 aromatic carbocycles. The Morgan fingerprint density at radius 3 is 0.841 bits per heavy atom. The highest BCUT2D eigenvalue weighted by Gasteiger charge is 2.66. The van der Waals surface area contributed by atoms with Gasteiger partial charge in [-0.15, -0.1) is 0 Å². The monoisotopic (exact) mass is 1040 g/mol. The maximum atomic E-state index is 13.2. The summed E-state index contributed by atoms with van der Waals surface area (Å²) in [5.74, 6) is 0. The second-order valence-electron chi connectivity index (χ2n) is 13.5. The molecule has 0 aromatic heterocycles. The van der Waals surface area contributed by atoms with Crippen molar-refractivity contribution in [1.82, 2.24) is 0 Å². The lowest BCUT2D eigenvalue weighted by atomic mass is 10.2. The van der Waals surface area contributed by atoms with Crippen LogP contribution in [0.1, 0.15) is 0 Å². The van der Waals surface area contributed by atoms with E-state index in [0.29, 0.717) is 0 Å². The molecule has 0 spiro atoms. The number of halogens is 12. The number of nitrogens with zero attached hydrogens (tertiary/aromatic N) is 1. The van der Waals surface area contributed by atoms with Gasteiger partial charge >= 0.3 is 79.6 Å². The third kappa shape index (κ3) is 8.82. The zero-order valence-corrected chi connectivity index (χ0v) is 37.5. The van der Waals surface area contributed by atoms with Gasteiger partial charge in [-0.05, 0) is 22.5 Å². The van der Waals surface area contributed by atoms with Crippen LogP contribution < -0.4 is 36.0 Å². The molecular formula is C31H25F12NO12S4Si3. The quantitative estimate of drug-likeness (QED) is 0.143. The number of anilines is 2. The summed E-state index contributed by atoms with van der Waals surface area (Å²) < 4.78 is 271. The maximum absolute atomic E-state index is 13.2. The van der Waals surface area contributed by atoms with Gasteiger partial charge < -0.3 is 4.90 Å². The lowest BCUT2D eigenvalue weighted by Gasteiger charge is -2.42. The van der Waals surface area contributed by atoms with Gasteiger partial charge in [0.05, 0.1) is 0 Å². The first-order chi connectivity index (χ1) is 28.4. The number of para-hydroxylation sites is 2. The van der Waals surface area contributed by atoms with Crippen molar-refractivity contribution in [2.24, 2.45) is 0 Å². The van der Waals surface area contributed by atoms with Gasteiger partial charge in [0, 0.05) is 28.8 Å². The summed E-state index contributed by atoms with van der Waals surface area (Å²) in [6.45, 7) is 3.44. The normalized spacial score (nSPS) is 17.3. The molecule has 32 heteroatoms. The van der Waals surface area contributed by atoms with E-state index in [9.17, 15) is 86.4 Å². The summed E-state index contributed by atoms with van der Waals surface area (Å²) in [5, 5.41) is -1.65. The number of hydrogen-bond donors (Lipinski definition) is 0. The molecular weight excluding hydrogens is 1020 g/mol. The molecule has 0 atom stereocenters. The second-order valence-corrected chi connectivity index (χ2v) is 30.6. The van der Waals surface area contributed by atoms with E-state index >= 15 is 0 Å². The smallest absolute Gasteiger partial charge is 0.345 e. The van der Waals surface area contributed by atoms with Gasteiger partial charge in [-0.25, -0.2) is 0 Å². The number of fused-ring (bicyclic) bond motifs is 4. The van der Waals surface area contributed by atoms with Crippen molar-refractivity contribution in [3.05, 3.63) is 97.1 Å². The molecule has 0 fully saturated rings. The van der Waals surface area contributed by atoms with Crippen molar-refractivity contribution in [2.45, 2.75) is 35.1 Å². The Bertz CT molecular complexity index is 2700. The van der Waals surface area contributed by atoms with Gasteiger partial charge in [-0.2, -0.15) is 86.4 Å². The van der Waals surface area contributed by atoms with Crippen molar-refractivity contribution >= 4 is 108 Å². The van der Waals surface area contributed by atoms with Crippen molar-refractivity contribution in [3.8, 4) is 0 Å². The van der Waals surface area contributed by atoms with E-state index in [0.717, 1.165) is 36.4 Å². The van der Waals surface area contributed by atoms with Crippen molar-refractivity contribution in [2.75, 3.05) is 11.9 Å². The summed E-state index contributed by atoms with van der Waals surface area (Å²) in [4.78, 5) is 1.32. The Labute approximate surface area is 352 Å². The van der Waals surface area contributed by atoms with E-state index in [1.807, 2.05) is 0 Å². The van der Waals surface area contributed by atoms with Crippen LogP contribution in [0.15, 0.2) is 97.1 Å². The third-order valence-electron chi connectivity index (χ3n) is 9.19. The number of benzene rings is 4. The summed E-state index contributed by atoms with van der Waals surface area (Å²) >= 11 is 0. The third-order valence-corrected chi connectivity index (χ3v) is 27.3. The first-order valence-corrected chi connectivity index (χ1v) is 28.9. The second kappa shape index (κ2) is 15.9. The van der Waals surface area contributed by atoms with Crippen LogP contribution in [0.2, 0.25) is 13.1 Å². The molecule has 0 radical (unpaired) electrons. The summed E-state index contributed by atoms with van der Waals surface area (Å²) in [5.41, 5.74) is -24.4. The number of hydrogen-bond acceptors (Lipinski definition) is 13. The highest BCUT2D eigenvalue weighted by Crippen LogP contribution is 2.39. The van der Waals surface area contributed by atoms with Gasteiger partial charge in [0.25, 0.3) is 0 Å². The van der Waals surface area contributed by atoms with Crippen LogP contribution in [-0.2, 0) is 56.0 Å². The predicted octanol–water partition coefficient (Wildman–Crippen LogP) is 3.17. The minimum atomic E-state index is -6.59. The van der Waals surface area contributed by atoms with Crippen LogP contribution in [0, 0.1) is 0 Å². The van der Waals surface area contributed by atoms with E-state index in [-0.39, 0.29) is 21.7 Å². The van der Waals surface area contributed by atoms with Crippen LogP contribution in [-0.4, -0.2) is 87.9 Å². The fourth-order valence-electron chi connectivity index (χ4n) is 6.48. The molecule has 4 aromatic rings. The number of rotatable bonds is 8. The summed E-state index contributed by atoms with van der Waals surface area (Å²) in [6.07, 6.45) is 0. The van der Waals surface area contributed by atoms with Gasteiger partial charge in [0.2, 0.25) is 0 Å². The average Bonchev–Trinajstić information content (AvgIpc) is 3.14. The molecule has 6 rings (SSSR count). The van der Waals surface area contributed by atoms with Crippen LogP contribution >= 0.6 is 0 Å². The Kier molecular flexibility index (Phi) is 12.7. The average molecular weight is 1040 g/mol. The van der Waals surface area contributed by atoms with Crippen LogP contribution in [0.3, 0.4) is 0 Å². The van der Waals surface area contributed by atoms with Crippen LogP contribution in [0.5, 0.6) is 0 Å². The molecule has 2 heterocycles. The first-order valence-electron chi connectivity index (χ1n) is 16.6. The minimum Gasteiger partial charge on any atom is -0.345 e. The Morgan fingerprint density at radius 1 is 0.381 bits per heavy atom. The standard InChI is InChI=1S/C16H14F6O6S2Si2.C15H11F6NO6S2Si/c1-31(2)11-7-3-5-9-13(11)32(14-10-6-4-8-12(14)31,27-29(23,24)15(17,18)19)28-30(25,26)16(20,21)22;1-22-10-6-2-4-8-12(10)31(13-9-5-3-7-11(13)22,27-29(23,24)14(16,17)18)28-30(25,26)15(19,20)21/h3-10H,1-2H3;2-9H,1H3. The molecule has 346 valence electrons. The van der Waals surface area contributed by atoms with Crippen molar-refractivity contribution < 1.29 is 102 Å². The molecule has 0 bridgehead atoms. The largest absolute Gasteiger partial charge is 0.522 e. The van der Waals surface area contributed by atoms with E-state index in [4.69, 9.17) is 0 Å². The number of alkyl halides is 12. The molecule has 2 aliphatic rings. The Morgan fingerprint density at radius 2 is 0.587 bits per heavy atom. The van der Waals surface area contributed by atoms with E-state index in [1.54, 1.807) is 13.1 Å². The Balaban J connectivity index is 0.000000238.